The Kier molecular flexibility index (Phi) is 5.92. The Labute approximate surface area is 163 Å². The Hall–Kier alpha value is -1.68. The Morgan fingerprint density at radius 1 is 1.11 bits per heavy atom. The smallest absolute Gasteiger partial charge is 0.0827 e. The van der Waals surface area contributed by atoms with Crippen molar-refractivity contribution in [3.8, 4) is 0 Å². The molecule has 2 aromatic rings. The van der Waals surface area contributed by atoms with Crippen LogP contribution in [0.15, 0.2) is 42.5 Å². The predicted octanol–water partition coefficient (Wildman–Crippen LogP) is 4.17. The molecule has 0 saturated carbocycles. The summed E-state index contributed by atoms with van der Waals surface area (Å²) in [6.07, 6.45) is 4.01. The number of hydrogen-bond donors (Lipinski definition) is 1. The molecular weight excluding hydrogens is 332 g/mol. The molecule has 1 heterocycles. The molecule has 0 spiro atoms. The number of rotatable bonds is 5. The standard InChI is InChI=1S/C24H32N2O/c1-18-5-3-6-20(13-18)16-26-11-12-27-22(17-26)15-25-24-8-4-7-21-10-9-19(2)14-23(21)24/h3,5-6,9-10,13-14,22,24-25H,4,7-8,11-12,15-17H2,1-2H3. The van der Waals surface area contributed by atoms with E-state index in [-0.39, 0.29) is 6.10 Å². The van der Waals surface area contributed by atoms with Gasteiger partial charge in [-0.25, -0.2) is 0 Å². The summed E-state index contributed by atoms with van der Waals surface area (Å²) in [6.45, 7) is 9.18. The highest BCUT2D eigenvalue weighted by molar-refractivity contribution is 5.35. The van der Waals surface area contributed by atoms with Crippen molar-refractivity contribution >= 4 is 0 Å². The summed E-state index contributed by atoms with van der Waals surface area (Å²) in [6, 6.07) is 16.3. The molecule has 1 aliphatic carbocycles. The predicted molar refractivity (Wildman–Crippen MR) is 111 cm³/mol. The molecule has 3 nitrogen and oxygen atoms in total. The van der Waals surface area contributed by atoms with Crippen LogP contribution in [-0.4, -0.2) is 37.2 Å². The van der Waals surface area contributed by atoms with Crippen molar-refractivity contribution in [2.75, 3.05) is 26.2 Å². The van der Waals surface area contributed by atoms with Gasteiger partial charge in [-0.05, 0) is 49.8 Å². The molecule has 3 heteroatoms. The van der Waals surface area contributed by atoms with Gasteiger partial charge in [-0.3, -0.25) is 4.90 Å². The van der Waals surface area contributed by atoms with E-state index < -0.39 is 0 Å². The number of aryl methyl sites for hydroxylation is 3. The van der Waals surface area contributed by atoms with E-state index in [4.69, 9.17) is 4.74 Å². The van der Waals surface area contributed by atoms with Crippen LogP contribution in [0.1, 0.15) is 46.7 Å². The van der Waals surface area contributed by atoms with E-state index in [0.29, 0.717) is 6.04 Å². The molecule has 0 bridgehead atoms. The number of morpholine rings is 1. The van der Waals surface area contributed by atoms with Crippen molar-refractivity contribution in [3.63, 3.8) is 0 Å². The van der Waals surface area contributed by atoms with Gasteiger partial charge in [-0.15, -0.1) is 0 Å². The van der Waals surface area contributed by atoms with Gasteiger partial charge in [0, 0.05) is 32.2 Å². The zero-order chi connectivity index (χ0) is 18.6. The van der Waals surface area contributed by atoms with Gasteiger partial charge in [0.15, 0.2) is 0 Å². The first-order valence-electron chi connectivity index (χ1n) is 10.4. The van der Waals surface area contributed by atoms with Gasteiger partial charge in [0.05, 0.1) is 12.7 Å². The van der Waals surface area contributed by atoms with Gasteiger partial charge in [-0.1, -0.05) is 53.6 Å². The van der Waals surface area contributed by atoms with Crippen molar-refractivity contribution in [2.24, 2.45) is 0 Å². The lowest BCUT2D eigenvalue weighted by Gasteiger charge is -2.35. The highest BCUT2D eigenvalue weighted by Crippen LogP contribution is 2.30. The molecular formula is C24H32N2O. The summed E-state index contributed by atoms with van der Waals surface area (Å²) in [5, 5.41) is 3.82. The fraction of sp³-hybridized carbons (Fsp3) is 0.500. The van der Waals surface area contributed by atoms with E-state index in [1.165, 1.54) is 47.1 Å². The van der Waals surface area contributed by atoms with E-state index in [0.717, 1.165) is 32.8 Å². The van der Waals surface area contributed by atoms with Crippen LogP contribution >= 0.6 is 0 Å². The second kappa shape index (κ2) is 8.55. The van der Waals surface area contributed by atoms with Crippen molar-refractivity contribution in [1.29, 1.82) is 0 Å². The first-order valence-corrected chi connectivity index (χ1v) is 10.4. The van der Waals surface area contributed by atoms with Crippen molar-refractivity contribution in [1.82, 2.24) is 10.2 Å². The minimum atomic E-state index is 0.277. The molecule has 4 rings (SSSR count). The minimum Gasteiger partial charge on any atom is -0.374 e. The molecule has 1 aliphatic heterocycles. The summed E-state index contributed by atoms with van der Waals surface area (Å²) in [4.78, 5) is 2.53. The fourth-order valence-corrected chi connectivity index (χ4v) is 4.52. The molecule has 1 N–H and O–H groups in total. The Balaban J connectivity index is 1.33. The lowest BCUT2D eigenvalue weighted by atomic mass is 9.86. The number of benzene rings is 2. The molecule has 2 unspecified atom stereocenters. The average molecular weight is 365 g/mol. The molecule has 144 valence electrons. The van der Waals surface area contributed by atoms with Crippen molar-refractivity contribution in [3.05, 3.63) is 70.3 Å². The second-order valence-corrected chi connectivity index (χ2v) is 8.27. The van der Waals surface area contributed by atoms with Crippen molar-refractivity contribution in [2.45, 2.75) is 51.8 Å². The van der Waals surface area contributed by atoms with Crippen LogP contribution < -0.4 is 5.32 Å². The molecule has 0 amide bonds. The van der Waals surface area contributed by atoms with Crippen LogP contribution in [0.5, 0.6) is 0 Å². The lowest BCUT2D eigenvalue weighted by molar-refractivity contribution is -0.0312. The summed E-state index contributed by atoms with van der Waals surface area (Å²) in [5.74, 6) is 0. The summed E-state index contributed by atoms with van der Waals surface area (Å²) in [5.41, 5.74) is 7.13. The van der Waals surface area contributed by atoms with Gasteiger partial charge in [0.25, 0.3) is 0 Å². The maximum Gasteiger partial charge on any atom is 0.0827 e. The van der Waals surface area contributed by atoms with Crippen LogP contribution in [0.2, 0.25) is 0 Å². The maximum atomic E-state index is 6.07. The normalized spacial score (nSPS) is 23.2. The van der Waals surface area contributed by atoms with Gasteiger partial charge >= 0.3 is 0 Å². The van der Waals surface area contributed by atoms with Gasteiger partial charge in [-0.2, -0.15) is 0 Å². The third-order valence-electron chi connectivity index (χ3n) is 5.92. The van der Waals surface area contributed by atoms with Crippen molar-refractivity contribution < 1.29 is 4.74 Å². The van der Waals surface area contributed by atoms with Crippen LogP contribution in [0.4, 0.5) is 0 Å². The molecule has 2 aromatic carbocycles. The van der Waals surface area contributed by atoms with E-state index in [1.807, 2.05) is 0 Å². The zero-order valence-corrected chi connectivity index (χ0v) is 16.7. The van der Waals surface area contributed by atoms with Gasteiger partial charge < -0.3 is 10.1 Å². The second-order valence-electron chi connectivity index (χ2n) is 8.27. The first kappa shape index (κ1) is 18.7. The molecule has 27 heavy (non-hydrogen) atoms. The van der Waals surface area contributed by atoms with E-state index in [2.05, 4.69) is 66.5 Å². The monoisotopic (exact) mass is 364 g/mol. The fourth-order valence-electron chi connectivity index (χ4n) is 4.52. The maximum absolute atomic E-state index is 6.07. The van der Waals surface area contributed by atoms with Gasteiger partial charge in [0.1, 0.15) is 0 Å². The number of nitrogens with one attached hydrogen (secondary N) is 1. The van der Waals surface area contributed by atoms with Gasteiger partial charge in [0.2, 0.25) is 0 Å². The topological polar surface area (TPSA) is 24.5 Å². The highest BCUT2D eigenvalue weighted by atomic mass is 16.5. The van der Waals surface area contributed by atoms with E-state index >= 15 is 0 Å². The van der Waals surface area contributed by atoms with E-state index in [9.17, 15) is 0 Å². The molecule has 2 aliphatic rings. The SMILES string of the molecule is Cc1cccc(CN2CCOC(CNC3CCCc4ccc(C)cc43)C2)c1. The third-order valence-corrected chi connectivity index (χ3v) is 5.92. The van der Waals surface area contributed by atoms with Crippen LogP contribution in [-0.2, 0) is 17.7 Å². The van der Waals surface area contributed by atoms with E-state index in [1.54, 1.807) is 0 Å². The highest BCUT2D eigenvalue weighted by Gasteiger charge is 2.24. The van der Waals surface area contributed by atoms with Crippen LogP contribution in [0, 0.1) is 13.8 Å². The Morgan fingerprint density at radius 3 is 2.89 bits per heavy atom. The summed E-state index contributed by atoms with van der Waals surface area (Å²) < 4.78 is 6.07. The zero-order valence-electron chi connectivity index (χ0n) is 16.7. The largest absolute Gasteiger partial charge is 0.374 e. The Bertz CT molecular complexity index is 773. The van der Waals surface area contributed by atoms with Crippen LogP contribution in [0.3, 0.4) is 0 Å². The summed E-state index contributed by atoms with van der Waals surface area (Å²) in [7, 11) is 0. The molecule has 2 atom stereocenters. The molecule has 0 aromatic heterocycles. The number of fused-ring (bicyclic) bond motifs is 1. The minimum absolute atomic E-state index is 0.277. The summed E-state index contributed by atoms with van der Waals surface area (Å²) >= 11 is 0. The number of hydrogen-bond acceptors (Lipinski definition) is 3. The Morgan fingerprint density at radius 2 is 2.00 bits per heavy atom. The average Bonchev–Trinajstić information content (AvgIpc) is 2.67. The quantitative estimate of drug-likeness (QED) is 0.862. The molecule has 1 fully saturated rings. The lowest BCUT2D eigenvalue weighted by Crippen LogP contribution is -2.46. The third kappa shape index (κ3) is 4.78. The van der Waals surface area contributed by atoms with Crippen LogP contribution in [0.25, 0.3) is 0 Å². The number of nitrogens with zero attached hydrogens (tertiary/aromatic N) is 1. The molecule has 0 radical (unpaired) electrons. The molecule has 1 saturated heterocycles. The first-order chi connectivity index (χ1) is 13.2. The number of ether oxygens (including phenoxy) is 1.